The Hall–Kier alpha value is -2.74. The number of hydrogen-bond donors (Lipinski definition) is 0. The van der Waals surface area contributed by atoms with Crippen molar-refractivity contribution in [3.8, 4) is 17.3 Å². The van der Waals surface area contributed by atoms with E-state index in [0.29, 0.717) is 19.0 Å². The van der Waals surface area contributed by atoms with Crippen molar-refractivity contribution in [3.63, 3.8) is 0 Å². The topological polar surface area (TPSA) is 68.5 Å². The number of rotatable bonds is 4. The maximum absolute atomic E-state index is 14.4. The van der Waals surface area contributed by atoms with Crippen LogP contribution in [0.15, 0.2) is 57.9 Å². The Morgan fingerprint density at radius 3 is 2.93 bits per heavy atom. The number of carbonyl (C=O) groups excluding carboxylic acids is 1. The third-order valence-electron chi connectivity index (χ3n) is 4.54. The molecule has 0 aliphatic carbocycles. The molecule has 2 aromatic heterocycles. The van der Waals surface area contributed by atoms with Gasteiger partial charge in [0.15, 0.2) is 0 Å². The van der Waals surface area contributed by atoms with Crippen LogP contribution >= 0.6 is 15.9 Å². The van der Waals surface area contributed by atoms with Gasteiger partial charge in [-0.1, -0.05) is 6.07 Å². The van der Waals surface area contributed by atoms with Crippen LogP contribution in [0.5, 0.6) is 5.88 Å². The van der Waals surface area contributed by atoms with Gasteiger partial charge in [-0.15, -0.1) is 0 Å². The molecule has 3 aromatic rings. The number of benzene rings is 1. The normalized spacial score (nSPS) is 16.8. The van der Waals surface area contributed by atoms with Crippen LogP contribution in [0, 0.1) is 5.82 Å². The number of carbonyl (C=O) groups is 1. The summed E-state index contributed by atoms with van der Waals surface area (Å²) in [6.07, 6.45) is 5.87. The summed E-state index contributed by atoms with van der Waals surface area (Å²) in [7, 11) is 0. The molecule has 8 heteroatoms. The fraction of sp³-hybridized carbons (Fsp3) is 0.250. The van der Waals surface area contributed by atoms with Crippen LogP contribution in [0.4, 0.5) is 4.39 Å². The van der Waals surface area contributed by atoms with E-state index in [2.05, 4.69) is 25.9 Å². The van der Waals surface area contributed by atoms with E-state index < -0.39 is 5.82 Å². The summed E-state index contributed by atoms with van der Waals surface area (Å²) in [6, 6.07) is 8.02. The van der Waals surface area contributed by atoms with E-state index in [1.54, 1.807) is 23.2 Å². The van der Waals surface area contributed by atoms with Gasteiger partial charge in [-0.25, -0.2) is 14.4 Å². The van der Waals surface area contributed by atoms with Crippen LogP contribution < -0.4 is 4.74 Å². The van der Waals surface area contributed by atoms with Crippen LogP contribution in [-0.2, 0) is 0 Å². The Balaban J connectivity index is 1.54. The molecule has 1 aromatic carbocycles. The number of likely N-dealkylation sites (tertiary alicyclic amines) is 1. The molecular formula is C20H17BrFN3O3. The molecule has 0 radical (unpaired) electrons. The number of amides is 1. The third kappa shape index (κ3) is 3.91. The minimum absolute atomic E-state index is 0.0788. The van der Waals surface area contributed by atoms with Crippen molar-refractivity contribution in [1.82, 2.24) is 14.9 Å². The molecule has 0 saturated carbocycles. The Labute approximate surface area is 169 Å². The van der Waals surface area contributed by atoms with Crippen molar-refractivity contribution < 1.29 is 18.3 Å². The van der Waals surface area contributed by atoms with Crippen molar-refractivity contribution in [2.45, 2.75) is 18.9 Å². The van der Waals surface area contributed by atoms with Crippen LogP contribution in [0.25, 0.3) is 11.5 Å². The van der Waals surface area contributed by atoms with Crippen LogP contribution in [0.2, 0.25) is 0 Å². The first-order valence-electron chi connectivity index (χ1n) is 8.87. The number of ether oxygens (including phenoxy) is 1. The van der Waals surface area contributed by atoms with Crippen molar-refractivity contribution in [1.29, 1.82) is 0 Å². The summed E-state index contributed by atoms with van der Waals surface area (Å²) >= 11 is 3.34. The lowest BCUT2D eigenvalue weighted by Crippen LogP contribution is -2.44. The highest BCUT2D eigenvalue weighted by molar-refractivity contribution is 9.10. The second kappa shape index (κ2) is 8.10. The quantitative estimate of drug-likeness (QED) is 0.597. The number of piperidine rings is 1. The summed E-state index contributed by atoms with van der Waals surface area (Å²) in [4.78, 5) is 23.0. The second-order valence-corrected chi connectivity index (χ2v) is 7.36. The highest BCUT2D eigenvalue weighted by atomic mass is 79.9. The van der Waals surface area contributed by atoms with E-state index in [-0.39, 0.29) is 29.0 Å². The highest BCUT2D eigenvalue weighted by Gasteiger charge is 2.29. The van der Waals surface area contributed by atoms with Gasteiger partial charge in [0.2, 0.25) is 11.8 Å². The third-order valence-corrected chi connectivity index (χ3v) is 5.01. The SMILES string of the molecule is O=C(c1cccc(F)c1-c1ncco1)N1CCCC(Oc2ccc(Br)cn2)C1. The van der Waals surface area contributed by atoms with Gasteiger partial charge < -0.3 is 14.1 Å². The zero-order valence-electron chi connectivity index (χ0n) is 14.8. The van der Waals surface area contributed by atoms with Crippen molar-refractivity contribution in [2.75, 3.05) is 13.1 Å². The molecule has 1 saturated heterocycles. The Kier molecular flexibility index (Phi) is 5.38. The molecule has 1 aliphatic heterocycles. The standard InChI is InChI=1S/C20H17BrFN3O3/c21-13-6-7-17(24-11-13)28-14-3-2-9-25(12-14)20(26)15-4-1-5-16(22)18(15)19-23-8-10-27-19/h1,4-8,10-11,14H,2-3,9,12H2. The molecule has 28 heavy (non-hydrogen) atoms. The lowest BCUT2D eigenvalue weighted by Gasteiger charge is -2.33. The van der Waals surface area contributed by atoms with Crippen LogP contribution in [0.3, 0.4) is 0 Å². The van der Waals surface area contributed by atoms with Crippen LogP contribution in [-0.4, -0.2) is 40.0 Å². The smallest absolute Gasteiger partial charge is 0.254 e. The predicted molar refractivity (Wildman–Crippen MR) is 103 cm³/mol. The van der Waals surface area contributed by atoms with Crippen molar-refractivity contribution in [3.05, 3.63) is 64.8 Å². The lowest BCUT2D eigenvalue weighted by molar-refractivity contribution is 0.0528. The van der Waals surface area contributed by atoms with E-state index in [1.807, 2.05) is 6.07 Å². The largest absolute Gasteiger partial charge is 0.472 e. The Morgan fingerprint density at radius 1 is 1.29 bits per heavy atom. The Morgan fingerprint density at radius 2 is 2.18 bits per heavy atom. The first kappa shape index (κ1) is 18.6. The molecule has 1 unspecified atom stereocenters. The van der Waals surface area contributed by atoms with Gasteiger partial charge >= 0.3 is 0 Å². The molecule has 1 fully saturated rings. The van der Waals surface area contributed by atoms with Gasteiger partial charge in [0, 0.05) is 23.3 Å². The first-order valence-corrected chi connectivity index (χ1v) is 9.67. The number of nitrogens with zero attached hydrogens (tertiary/aromatic N) is 3. The van der Waals surface area contributed by atoms with Gasteiger partial charge in [0.1, 0.15) is 18.2 Å². The minimum Gasteiger partial charge on any atom is -0.472 e. The van der Waals surface area contributed by atoms with E-state index in [0.717, 1.165) is 17.3 Å². The Bertz CT molecular complexity index is 963. The molecule has 1 amide bonds. The summed E-state index contributed by atoms with van der Waals surface area (Å²) in [5.41, 5.74) is 0.306. The number of pyridine rings is 1. The van der Waals surface area contributed by atoms with Gasteiger partial charge in [-0.3, -0.25) is 4.79 Å². The lowest BCUT2D eigenvalue weighted by atomic mass is 10.0. The average molecular weight is 446 g/mol. The second-order valence-electron chi connectivity index (χ2n) is 6.45. The number of aromatic nitrogens is 2. The van der Waals surface area contributed by atoms with E-state index >= 15 is 0 Å². The molecule has 144 valence electrons. The molecule has 1 atom stereocenters. The van der Waals surface area contributed by atoms with E-state index in [4.69, 9.17) is 9.15 Å². The zero-order valence-corrected chi connectivity index (χ0v) is 16.4. The number of hydrogen-bond acceptors (Lipinski definition) is 5. The first-order chi connectivity index (χ1) is 13.6. The van der Waals surface area contributed by atoms with Crippen LogP contribution in [0.1, 0.15) is 23.2 Å². The number of halogens is 2. The molecule has 0 N–H and O–H groups in total. The molecule has 3 heterocycles. The summed E-state index contributed by atoms with van der Waals surface area (Å²) in [5.74, 6) is -0.221. The maximum Gasteiger partial charge on any atom is 0.254 e. The minimum atomic E-state index is -0.544. The van der Waals surface area contributed by atoms with Gasteiger partial charge in [0.25, 0.3) is 5.91 Å². The van der Waals surface area contributed by atoms with Gasteiger partial charge in [0.05, 0.1) is 23.9 Å². The summed E-state index contributed by atoms with van der Waals surface area (Å²) in [5, 5.41) is 0. The molecule has 6 nitrogen and oxygen atoms in total. The van der Waals surface area contributed by atoms with Crippen molar-refractivity contribution in [2.24, 2.45) is 0 Å². The van der Waals surface area contributed by atoms with Crippen molar-refractivity contribution >= 4 is 21.8 Å². The van der Waals surface area contributed by atoms with Gasteiger partial charge in [-0.2, -0.15) is 0 Å². The molecule has 4 rings (SSSR count). The van der Waals surface area contributed by atoms with E-state index in [9.17, 15) is 9.18 Å². The predicted octanol–water partition coefficient (Wildman–Crippen LogP) is 4.32. The summed E-state index contributed by atoms with van der Waals surface area (Å²) < 4.78 is 26.4. The summed E-state index contributed by atoms with van der Waals surface area (Å²) in [6.45, 7) is 0.978. The molecule has 0 bridgehead atoms. The average Bonchev–Trinajstić information content (AvgIpc) is 3.23. The number of oxazole rings is 1. The molecular weight excluding hydrogens is 429 g/mol. The fourth-order valence-corrected chi connectivity index (χ4v) is 3.49. The highest BCUT2D eigenvalue weighted by Crippen LogP contribution is 2.28. The zero-order chi connectivity index (χ0) is 19.5. The fourth-order valence-electron chi connectivity index (χ4n) is 3.26. The van der Waals surface area contributed by atoms with E-state index in [1.165, 1.54) is 24.6 Å². The molecule has 1 aliphatic rings. The maximum atomic E-state index is 14.4. The monoisotopic (exact) mass is 445 g/mol. The molecule has 0 spiro atoms. The van der Waals surface area contributed by atoms with Gasteiger partial charge in [-0.05, 0) is 47.0 Å².